The fourth-order valence-corrected chi connectivity index (χ4v) is 2.81. The van der Waals surface area contributed by atoms with Crippen molar-refractivity contribution >= 4 is 17.2 Å². The normalized spacial score (nSPS) is 12.4. The van der Waals surface area contributed by atoms with Crippen LogP contribution in [0.25, 0.3) is 0 Å². The molecule has 0 fully saturated rings. The Labute approximate surface area is 112 Å². The molecule has 3 nitrogen and oxygen atoms in total. The van der Waals surface area contributed by atoms with Crippen molar-refractivity contribution in [2.45, 2.75) is 19.5 Å². The molecule has 0 spiro atoms. The fourth-order valence-electron chi connectivity index (χ4n) is 1.98. The molecule has 2 aromatic rings. The van der Waals surface area contributed by atoms with E-state index >= 15 is 0 Å². The van der Waals surface area contributed by atoms with Crippen molar-refractivity contribution in [3.8, 4) is 0 Å². The Hall–Kier alpha value is -1.39. The van der Waals surface area contributed by atoms with E-state index in [-0.39, 0.29) is 0 Å². The minimum atomic E-state index is 0.343. The third-order valence-electron chi connectivity index (χ3n) is 3.10. The van der Waals surface area contributed by atoms with Gasteiger partial charge in [-0.3, -0.25) is 0 Å². The van der Waals surface area contributed by atoms with Crippen LogP contribution in [0.1, 0.15) is 23.4 Å². The first kappa shape index (κ1) is 13.1. The van der Waals surface area contributed by atoms with E-state index in [1.54, 1.807) is 11.3 Å². The molecule has 0 bridgehead atoms. The topological polar surface area (TPSA) is 28.2 Å². The Morgan fingerprint density at radius 3 is 2.89 bits per heavy atom. The number of thiophene rings is 1. The molecular weight excluding hydrogens is 242 g/mol. The van der Waals surface area contributed by atoms with Gasteiger partial charge in [0.1, 0.15) is 5.82 Å². The molecule has 0 aromatic carbocycles. The van der Waals surface area contributed by atoms with Crippen molar-refractivity contribution in [3.05, 3.63) is 46.3 Å². The zero-order chi connectivity index (χ0) is 13.0. The van der Waals surface area contributed by atoms with E-state index in [9.17, 15) is 0 Å². The third-order valence-corrected chi connectivity index (χ3v) is 4.15. The first-order chi connectivity index (χ1) is 8.74. The highest BCUT2D eigenvalue weighted by Crippen LogP contribution is 2.28. The van der Waals surface area contributed by atoms with Gasteiger partial charge in [-0.05, 0) is 31.5 Å². The maximum Gasteiger partial charge on any atom is 0.133 e. The first-order valence-corrected chi connectivity index (χ1v) is 6.96. The van der Waals surface area contributed by atoms with Crippen molar-refractivity contribution in [1.82, 2.24) is 10.3 Å². The Kier molecular flexibility index (Phi) is 4.33. The fraction of sp³-hybridized carbons (Fsp3) is 0.357. The summed E-state index contributed by atoms with van der Waals surface area (Å²) >= 11 is 1.79. The molecule has 0 radical (unpaired) electrons. The molecule has 2 heterocycles. The largest absolute Gasteiger partial charge is 0.352 e. The average molecular weight is 261 g/mol. The molecule has 0 aliphatic carbocycles. The minimum absolute atomic E-state index is 0.343. The van der Waals surface area contributed by atoms with Gasteiger partial charge in [0.25, 0.3) is 0 Å². The Morgan fingerprint density at radius 2 is 2.22 bits per heavy atom. The van der Waals surface area contributed by atoms with E-state index in [1.165, 1.54) is 10.4 Å². The van der Waals surface area contributed by atoms with Gasteiger partial charge in [-0.15, -0.1) is 11.3 Å². The van der Waals surface area contributed by atoms with Gasteiger partial charge in [-0.25, -0.2) is 4.98 Å². The minimum Gasteiger partial charge on any atom is -0.352 e. The van der Waals surface area contributed by atoms with Gasteiger partial charge in [-0.2, -0.15) is 0 Å². The van der Waals surface area contributed by atoms with Gasteiger partial charge < -0.3 is 10.2 Å². The van der Waals surface area contributed by atoms with Crippen LogP contribution in [0.4, 0.5) is 5.82 Å². The molecule has 2 aromatic heterocycles. The summed E-state index contributed by atoms with van der Waals surface area (Å²) in [6, 6.07) is 8.72. The predicted octanol–water partition coefficient (Wildman–Crippen LogP) is 3.06. The van der Waals surface area contributed by atoms with Crippen molar-refractivity contribution in [2.24, 2.45) is 0 Å². The van der Waals surface area contributed by atoms with Gasteiger partial charge >= 0.3 is 0 Å². The van der Waals surface area contributed by atoms with Gasteiger partial charge in [0.2, 0.25) is 0 Å². The number of anilines is 1. The Morgan fingerprint density at radius 1 is 1.39 bits per heavy atom. The third kappa shape index (κ3) is 2.71. The summed E-state index contributed by atoms with van der Waals surface area (Å²) in [5.74, 6) is 1.05. The second kappa shape index (κ2) is 5.98. The summed E-state index contributed by atoms with van der Waals surface area (Å²) in [5, 5.41) is 5.31. The lowest BCUT2D eigenvalue weighted by Crippen LogP contribution is -2.24. The molecule has 18 heavy (non-hydrogen) atoms. The summed E-state index contributed by atoms with van der Waals surface area (Å²) in [6.07, 6.45) is 1.85. The molecule has 1 unspecified atom stereocenters. The van der Waals surface area contributed by atoms with E-state index in [0.717, 1.165) is 12.4 Å². The maximum absolute atomic E-state index is 4.52. The van der Waals surface area contributed by atoms with E-state index in [2.05, 4.69) is 52.8 Å². The molecule has 1 N–H and O–H groups in total. The summed E-state index contributed by atoms with van der Waals surface area (Å²) in [5.41, 5.74) is 1.23. The van der Waals surface area contributed by atoms with Crippen LogP contribution in [-0.2, 0) is 6.54 Å². The van der Waals surface area contributed by atoms with Gasteiger partial charge in [0, 0.05) is 30.2 Å². The van der Waals surface area contributed by atoms with Crippen molar-refractivity contribution < 1.29 is 0 Å². The molecular formula is C14H19N3S. The standard InChI is InChI=1S/C14H19N3S/c1-11(13-7-5-9-18-13)17(3)14-12(10-15-2)6-4-8-16-14/h4-9,11,15H,10H2,1-3H3. The number of nitrogens with one attached hydrogen (secondary N) is 1. The second-order valence-electron chi connectivity index (χ2n) is 4.32. The smallest absolute Gasteiger partial charge is 0.133 e. The van der Waals surface area contributed by atoms with Gasteiger partial charge in [0.15, 0.2) is 0 Å². The molecule has 4 heteroatoms. The molecule has 0 amide bonds. The molecule has 1 atom stereocenters. The Bertz CT molecular complexity index is 482. The number of hydrogen-bond acceptors (Lipinski definition) is 4. The van der Waals surface area contributed by atoms with E-state index in [0.29, 0.717) is 6.04 Å². The number of aromatic nitrogens is 1. The van der Waals surface area contributed by atoms with Gasteiger partial charge in [-0.1, -0.05) is 12.1 Å². The van der Waals surface area contributed by atoms with Crippen LogP contribution in [0.5, 0.6) is 0 Å². The lowest BCUT2D eigenvalue weighted by atomic mass is 10.2. The first-order valence-electron chi connectivity index (χ1n) is 6.08. The van der Waals surface area contributed by atoms with Crippen LogP contribution in [0, 0.1) is 0 Å². The number of rotatable bonds is 5. The van der Waals surface area contributed by atoms with Gasteiger partial charge in [0.05, 0.1) is 6.04 Å². The predicted molar refractivity (Wildman–Crippen MR) is 78.1 cm³/mol. The van der Waals surface area contributed by atoms with E-state index in [4.69, 9.17) is 0 Å². The van der Waals surface area contributed by atoms with Crippen LogP contribution in [0.2, 0.25) is 0 Å². The molecule has 0 aliphatic heterocycles. The maximum atomic E-state index is 4.52. The highest BCUT2D eigenvalue weighted by atomic mass is 32.1. The Balaban J connectivity index is 2.25. The van der Waals surface area contributed by atoms with Crippen LogP contribution in [0.15, 0.2) is 35.8 Å². The lowest BCUT2D eigenvalue weighted by molar-refractivity contribution is 0.725. The molecule has 2 rings (SSSR count). The highest BCUT2D eigenvalue weighted by molar-refractivity contribution is 7.10. The second-order valence-corrected chi connectivity index (χ2v) is 5.30. The lowest BCUT2D eigenvalue weighted by Gasteiger charge is -2.27. The summed E-state index contributed by atoms with van der Waals surface area (Å²) in [7, 11) is 4.06. The molecule has 0 saturated carbocycles. The number of hydrogen-bond donors (Lipinski definition) is 1. The van der Waals surface area contributed by atoms with Crippen LogP contribution in [-0.4, -0.2) is 19.1 Å². The SMILES string of the molecule is CNCc1cccnc1N(C)C(C)c1cccs1. The van der Waals surface area contributed by atoms with Crippen LogP contribution < -0.4 is 10.2 Å². The number of pyridine rings is 1. The van der Waals surface area contributed by atoms with Crippen molar-refractivity contribution in [3.63, 3.8) is 0 Å². The van der Waals surface area contributed by atoms with E-state index < -0.39 is 0 Å². The summed E-state index contributed by atoms with van der Waals surface area (Å²) in [4.78, 5) is 8.11. The monoisotopic (exact) mass is 261 g/mol. The summed E-state index contributed by atoms with van der Waals surface area (Å²) < 4.78 is 0. The average Bonchev–Trinajstić information content (AvgIpc) is 2.92. The molecule has 0 aliphatic rings. The molecule has 96 valence electrons. The zero-order valence-electron chi connectivity index (χ0n) is 11.1. The van der Waals surface area contributed by atoms with Crippen molar-refractivity contribution in [2.75, 3.05) is 19.0 Å². The summed E-state index contributed by atoms with van der Waals surface area (Å²) in [6.45, 7) is 3.05. The van der Waals surface area contributed by atoms with E-state index in [1.807, 2.05) is 19.3 Å². The van der Waals surface area contributed by atoms with Crippen molar-refractivity contribution in [1.29, 1.82) is 0 Å². The van der Waals surface area contributed by atoms with Crippen LogP contribution in [0.3, 0.4) is 0 Å². The zero-order valence-corrected chi connectivity index (χ0v) is 11.9. The quantitative estimate of drug-likeness (QED) is 0.896. The highest BCUT2D eigenvalue weighted by Gasteiger charge is 2.16. The number of nitrogens with zero attached hydrogens (tertiary/aromatic N) is 2. The van der Waals surface area contributed by atoms with Crippen LogP contribution >= 0.6 is 11.3 Å². The molecule has 0 saturated heterocycles.